The van der Waals surface area contributed by atoms with Crippen LogP contribution in [-0.2, 0) is 4.74 Å². The lowest BCUT2D eigenvalue weighted by Crippen LogP contribution is -2.50. The summed E-state index contributed by atoms with van der Waals surface area (Å²) >= 11 is 11.9. The number of benzene rings is 1. The summed E-state index contributed by atoms with van der Waals surface area (Å²) in [6.45, 7) is 5.74. The molecule has 88 valence electrons. The van der Waals surface area contributed by atoms with E-state index in [1.807, 2.05) is 18.2 Å². The summed E-state index contributed by atoms with van der Waals surface area (Å²) in [7, 11) is 0. The molecular weight excluding hydrogens is 245 g/mol. The molecule has 1 heterocycles. The van der Waals surface area contributed by atoms with Crippen LogP contribution in [0.2, 0.25) is 10.0 Å². The Morgan fingerprint density at radius 3 is 2.62 bits per heavy atom. The maximum atomic E-state index is 5.98. The van der Waals surface area contributed by atoms with Gasteiger partial charge in [0.2, 0.25) is 0 Å². The second-order valence-electron chi connectivity index (χ2n) is 4.74. The van der Waals surface area contributed by atoms with Gasteiger partial charge < -0.3 is 10.1 Å². The first kappa shape index (κ1) is 12.2. The van der Waals surface area contributed by atoms with Gasteiger partial charge in [0, 0.05) is 12.1 Å². The lowest BCUT2D eigenvalue weighted by molar-refractivity contribution is -0.0228. The van der Waals surface area contributed by atoms with Crippen LogP contribution >= 0.6 is 23.2 Å². The van der Waals surface area contributed by atoms with E-state index >= 15 is 0 Å². The summed E-state index contributed by atoms with van der Waals surface area (Å²) in [6, 6.07) is 5.63. The van der Waals surface area contributed by atoms with Crippen LogP contribution in [0.4, 0.5) is 0 Å². The first-order chi connectivity index (χ1) is 7.48. The summed E-state index contributed by atoms with van der Waals surface area (Å²) in [6.07, 6.45) is 0.0581. The predicted octanol–water partition coefficient (Wildman–Crippen LogP) is 3.43. The Labute approximate surface area is 106 Å². The molecule has 1 atom stereocenters. The first-order valence-corrected chi connectivity index (χ1v) is 6.05. The summed E-state index contributed by atoms with van der Waals surface area (Å²) in [5, 5.41) is 4.59. The van der Waals surface area contributed by atoms with Crippen molar-refractivity contribution in [2.45, 2.75) is 25.5 Å². The molecule has 0 aromatic heterocycles. The molecule has 4 heteroatoms. The van der Waals surface area contributed by atoms with Gasteiger partial charge in [0.15, 0.2) is 0 Å². The van der Waals surface area contributed by atoms with Crippen molar-refractivity contribution in [2.24, 2.45) is 0 Å². The van der Waals surface area contributed by atoms with Gasteiger partial charge in [-0.05, 0) is 31.5 Å². The second kappa shape index (κ2) is 4.53. The number of rotatable bonds is 1. The summed E-state index contributed by atoms with van der Waals surface area (Å²) in [5.74, 6) is 0. The Bertz CT molecular complexity index is 383. The van der Waals surface area contributed by atoms with E-state index in [4.69, 9.17) is 27.9 Å². The van der Waals surface area contributed by atoms with E-state index in [1.54, 1.807) is 0 Å². The number of ether oxygens (including phenoxy) is 1. The molecule has 1 N–H and O–H groups in total. The fourth-order valence-electron chi connectivity index (χ4n) is 1.71. The summed E-state index contributed by atoms with van der Waals surface area (Å²) in [4.78, 5) is 0. The molecule has 0 bridgehead atoms. The molecule has 0 spiro atoms. The molecule has 0 saturated carbocycles. The Hall–Kier alpha value is -0.280. The van der Waals surface area contributed by atoms with Gasteiger partial charge in [-0.3, -0.25) is 0 Å². The third-order valence-electron chi connectivity index (χ3n) is 2.73. The van der Waals surface area contributed by atoms with Crippen LogP contribution in [0.5, 0.6) is 0 Å². The predicted molar refractivity (Wildman–Crippen MR) is 67.2 cm³/mol. The zero-order valence-electron chi connectivity index (χ0n) is 9.39. The highest BCUT2D eigenvalue weighted by Gasteiger charge is 2.27. The van der Waals surface area contributed by atoms with Crippen LogP contribution in [0, 0.1) is 0 Å². The normalized spacial score (nSPS) is 24.4. The molecule has 1 aromatic rings. The quantitative estimate of drug-likeness (QED) is 0.835. The molecule has 1 aromatic carbocycles. The van der Waals surface area contributed by atoms with E-state index in [2.05, 4.69) is 19.2 Å². The fourth-order valence-corrected chi connectivity index (χ4v) is 2.02. The molecule has 2 nitrogen and oxygen atoms in total. The highest BCUT2D eigenvalue weighted by Crippen LogP contribution is 2.29. The molecule has 1 saturated heterocycles. The van der Waals surface area contributed by atoms with E-state index in [9.17, 15) is 0 Å². The lowest BCUT2D eigenvalue weighted by atomic mass is 10.0. The maximum Gasteiger partial charge on any atom is 0.0950 e. The number of morpholine rings is 1. The molecule has 0 radical (unpaired) electrons. The highest BCUT2D eigenvalue weighted by atomic mass is 35.5. The first-order valence-electron chi connectivity index (χ1n) is 5.29. The van der Waals surface area contributed by atoms with Crippen molar-refractivity contribution in [1.29, 1.82) is 0 Å². The molecule has 2 rings (SSSR count). The zero-order valence-corrected chi connectivity index (χ0v) is 10.9. The highest BCUT2D eigenvalue weighted by molar-refractivity contribution is 6.42. The van der Waals surface area contributed by atoms with Crippen LogP contribution < -0.4 is 5.32 Å². The number of halogens is 2. The Kier molecular flexibility index (Phi) is 3.45. The van der Waals surface area contributed by atoms with Crippen molar-refractivity contribution in [3.63, 3.8) is 0 Å². The van der Waals surface area contributed by atoms with Crippen molar-refractivity contribution in [2.75, 3.05) is 13.2 Å². The molecule has 1 aliphatic heterocycles. The van der Waals surface area contributed by atoms with Gasteiger partial charge in [-0.2, -0.15) is 0 Å². The maximum absolute atomic E-state index is 5.98. The van der Waals surface area contributed by atoms with E-state index in [1.165, 1.54) is 0 Å². The third-order valence-corrected chi connectivity index (χ3v) is 3.47. The van der Waals surface area contributed by atoms with Crippen molar-refractivity contribution >= 4 is 23.2 Å². The molecular formula is C12H15Cl2NO. The molecule has 1 unspecified atom stereocenters. The Morgan fingerprint density at radius 2 is 2.06 bits per heavy atom. The minimum atomic E-state index is 0.0483. The standard InChI is InChI=1S/C12H15Cl2NO/c1-12(2)7-16-11(6-15-12)8-3-4-9(13)10(14)5-8/h3-5,11,15H,6-7H2,1-2H3. The lowest BCUT2D eigenvalue weighted by Gasteiger charge is -2.36. The summed E-state index contributed by atoms with van der Waals surface area (Å²) in [5.41, 5.74) is 1.12. The van der Waals surface area contributed by atoms with Gasteiger partial charge in [0.05, 0.1) is 22.8 Å². The minimum Gasteiger partial charge on any atom is -0.370 e. The van der Waals surface area contributed by atoms with Gasteiger partial charge in [-0.15, -0.1) is 0 Å². The smallest absolute Gasteiger partial charge is 0.0950 e. The topological polar surface area (TPSA) is 21.3 Å². The van der Waals surface area contributed by atoms with Crippen molar-refractivity contribution in [1.82, 2.24) is 5.32 Å². The fraction of sp³-hybridized carbons (Fsp3) is 0.500. The second-order valence-corrected chi connectivity index (χ2v) is 5.55. The molecule has 0 amide bonds. The minimum absolute atomic E-state index is 0.0483. The molecule has 1 aliphatic rings. The van der Waals surface area contributed by atoms with Gasteiger partial charge in [0.25, 0.3) is 0 Å². The van der Waals surface area contributed by atoms with E-state index < -0.39 is 0 Å². The molecule has 0 aliphatic carbocycles. The largest absolute Gasteiger partial charge is 0.370 e. The number of nitrogens with one attached hydrogen (secondary N) is 1. The van der Waals surface area contributed by atoms with Crippen molar-refractivity contribution in [3.8, 4) is 0 Å². The van der Waals surface area contributed by atoms with Gasteiger partial charge >= 0.3 is 0 Å². The number of hydrogen-bond acceptors (Lipinski definition) is 2. The average molecular weight is 260 g/mol. The average Bonchev–Trinajstić information content (AvgIpc) is 2.22. The van der Waals surface area contributed by atoms with E-state index in [-0.39, 0.29) is 11.6 Å². The third kappa shape index (κ3) is 2.69. The molecule has 16 heavy (non-hydrogen) atoms. The number of hydrogen-bond donors (Lipinski definition) is 1. The van der Waals surface area contributed by atoms with Gasteiger partial charge in [-0.25, -0.2) is 0 Å². The van der Waals surface area contributed by atoms with Gasteiger partial charge in [-0.1, -0.05) is 29.3 Å². The van der Waals surface area contributed by atoms with Crippen molar-refractivity contribution < 1.29 is 4.74 Å². The van der Waals surface area contributed by atoms with Crippen LogP contribution in [0.3, 0.4) is 0 Å². The van der Waals surface area contributed by atoms with Crippen LogP contribution in [0.15, 0.2) is 18.2 Å². The monoisotopic (exact) mass is 259 g/mol. The Morgan fingerprint density at radius 1 is 1.31 bits per heavy atom. The summed E-state index contributed by atoms with van der Waals surface area (Å²) < 4.78 is 5.81. The van der Waals surface area contributed by atoms with E-state index in [0.29, 0.717) is 16.7 Å². The molecule has 1 fully saturated rings. The van der Waals surface area contributed by atoms with Crippen LogP contribution in [0.1, 0.15) is 25.5 Å². The van der Waals surface area contributed by atoms with E-state index in [0.717, 1.165) is 12.1 Å². The van der Waals surface area contributed by atoms with Gasteiger partial charge in [0.1, 0.15) is 0 Å². The van der Waals surface area contributed by atoms with Crippen LogP contribution in [-0.4, -0.2) is 18.7 Å². The van der Waals surface area contributed by atoms with Crippen LogP contribution in [0.25, 0.3) is 0 Å². The zero-order chi connectivity index (χ0) is 11.8. The Balaban J connectivity index is 2.11. The SMILES string of the molecule is CC1(C)COC(c2ccc(Cl)c(Cl)c2)CN1. The van der Waals surface area contributed by atoms with Crippen molar-refractivity contribution in [3.05, 3.63) is 33.8 Å².